The maximum absolute atomic E-state index is 11.2. The number of aromatic nitrogens is 3. The van der Waals surface area contributed by atoms with Crippen molar-refractivity contribution in [3.05, 3.63) is 95.2 Å². The number of nitrogens with zero attached hydrogens (tertiary/aromatic N) is 4. The van der Waals surface area contributed by atoms with Gasteiger partial charge in [-0.1, -0.05) is 29.1 Å². The lowest BCUT2D eigenvalue weighted by Gasteiger charge is -2.29. The fraction of sp³-hybridized carbons (Fsp3) is 0.400. The van der Waals surface area contributed by atoms with Crippen LogP contribution in [0.5, 0.6) is 0 Å². The molecule has 228 valence electrons. The first-order valence-corrected chi connectivity index (χ1v) is 15.4. The molecule has 44 heavy (non-hydrogen) atoms. The summed E-state index contributed by atoms with van der Waals surface area (Å²) < 4.78 is 19.5. The molecule has 2 saturated heterocycles. The summed E-state index contributed by atoms with van der Waals surface area (Å²) in [5.41, 5.74) is 4.81. The Hall–Kier alpha value is -4.23. The highest BCUT2D eigenvalue weighted by atomic mass is 16.7. The standard InChI is InChI=1S/C35H38N4O5/c1-25(43-33-4-2-3-21-42-33)34-36-17-20-39(34)24-31-22-32(44-37-31)29-13-11-27(12-14-29)6-5-26-7-9-28(10-8-26)23-38-18-15-30(16-19-38)35(40)41/h7-14,17,20,22,25,30,33H,2-4,15-16,18-19,21,23-24H2,1H3,(H,40,41). The van der Waals surface area contributed by atoms with E-state index in [1.54, 1.807) is 6.20 Å². The van der Waals surface area contributed by atoms with Crippen molar-refractivity contribution in [1.29, 1.82) is 0 Å². The predicted octanol–water partition coefficient (Wildman–Crippen LogP) is 5.89. The smallest absolute Gasteiger partial charge is 0.306 e. The fourth-order valence-corrected chi connectivity index (χ4v) is 5.77. The van der Waals surface area contributed by atoms with Gasteiger partial charge in [-0.25, -0.2) is 4.98 Å². The lowest BCUT2D eigenvalue weighted by Crippen LogP contribution is -2.35. The fourth-order valence-electron chi connectivity index (χ4n) is 5.77. The van der Waals surface area contributed by atoms with Gasteiger partial charge in [-0.05, 0) is 94.1 Å². The highest BCUT2D eigenvalue weighted by Gasteiger charge is 2.24. The Labute approximate surface area is 257 Å². The monoisotopic (exact) mass is 594 g/mol. The van der Waals surface area contributed by atoms with Crippen LogP contribution in [0.4, 0.5) is 0 Å². The summed E-state index contributed by atoms with van der Waals surface area (Å²) in [6.07, 6.45) is 7.89. The number of rotatable bonds is 9. The van der Waals surface area contributed by atoms with Crippen LogP contribution in [-0.2, 0) is 27.4 Å². The van der Waals surface area contributed by atoms with E-state index in [0.717, 1.165) is 73.7 Å². The molecule has 2 unspecified atom stereocenters. The molecule has 9 nitrogen and oxygen atoms in total. The molecule has 4 aromatic rings. The van der Waals surface area contributed by atoms with Crippen molar-refractivity contribution in [2.45, 2.75) is 64.5 Å². The second-order valence-electron chi connectivity index (χ2n) is 11.6. The van der Waals surface area contributed by atoms with Gasteiger partial charge >= 0.3 is 5.97 Å². The van der Waals surface area contributed by atoms with Crippen LogP contribution in [0, 0.1) is 17.8 Å². The summed E-state index contributed by atoms with van der Waals surface area (Å²) in [4.78, 5) is 18.0. The predicted molar refractivity (Wildman–Crippen MR) is 164 cm³/mol. The Morgan fingerprint density at radius 2 is 1.75 bits per heavy atom. The van der Waals surface area contributed by atoms with Gasteiger partial charge in [0, 0.05) is 48.3 Å². The quantitative estimate of drug-likeness (QED) is 0.240. The minimum absolute atomic E-state index is 0.177. The summed E-state index contributed by atoms with van der Waals surface area (Å²) in [6, 6.07) is 18.2. The van der Waals surface area contributed by atoms with Crippen molar-refractivity contribution in [1.82, 2.24) is 19.6 Å². The van der Waals surface area contributed by atoms with E-state index in [-0.39, 0.29) is 18.3 Å². The van der Waals surface area contributed by atoms with Gasteiger partial charge in [-0.15, -0.1) is 0 Å². The maximum Gasteiger partial charge on any atom is 0.306 e. The zero-order chi connectivity index (χ0) is 30.3. The molecule has 0 aliphatic carbocycles. The van der Waals surface area contributed by atoms with E-state index in [4.69, 9.17) is 14.0 Å². The van der Waals surface area contributed by atoms with Crippen LogP contribution in [0.15, 0.2) is 71.5 Å². The van der Waals surface area contributed by atoms with Crippen LogP contribution in [0.2, 0.25) is 0 Å². The number of carboxylic acids is 1. The van der Waals surface area contributed by atoms with Gasteiger partial charge in [-0.3, -0.25) is 9.69 Å². The van der Waals surface area contributed by atoms with E-state index in [1.807, 2.05) is 60.2 Å². The summed E-state index contributed by atoms with van der Waals surface area (Å²) in [5.74, 6) is 7.14. The third-order valence-electron chi connectivity index (χ3n) is 8.31. The van der Waals surface area contributed by atoms with E-state index in [9.17, 15) is 9.90 Å². The minimum atomic E-state index is -0.674. The average molecular weight is 595 g/mol. The molecule has 2 aromatic carbocycles. The summed E-state index contributed by atoms with van der Waals surface area (Å²) in [5, 5.41) is 13.5. The average Bonchev–Trinajstić information content (AvgIpc) is 3.72. The lowest BCUT2D eigenvalue weighted by molar-refractivity contribution is -0.188. The van der Waals surface area contributed by atoms with E-state index in [2.05, 4.69) is 39.0 Å². The number of benzene rings is 2. The molecule has 2 aromatic heterocycles. The van der Waals surface area contributed by atoms with Crippen molar-refractivity contribution in [3.63, 3.8) is 0 Å². The summed E-state index contributed by atoms with van der Waals surface area (Å²) in [6.45, 7) is 5.75. The molecule has 2 aliphatic heterocycles. The van der Waals surface area contributed by atoms with Crippen molar-refractivity contribution in [2.24, 2.45) is 5.92 Å². The zero-order valence-corrected chi connectivity index (χ0v) is 25.0. The van der Waals surface area contributed by atoms with Crippen molar-refractivity contribution in [3.8, 4) is 23.2 Å². The molecule has 9 heteroatoms. The first-order valence-electron chi connectivity index (χ1n) is 15.4. The highest BCUT2D eigenvalue weighted by molar-refractivity contribution is 5.70. The second kappa shape index (κ2) is 14.0. The number of hydrogen-bond donors (Lipinski definition) is 1. The summed E-state index contributed by atoms with van der Waals surface area (Å²) >= 11 is 0. The number of hydrogen-bond acceptors (Lipinski definition) is 7. The molecule has 1 N–H and O–H groups in total. The lowest BCUT2D eigenvalue weighted by atomic mass is 9.97. The van der Waals surface area contributed by atoms with Crippen molar-refractivity contribution < 1.29 is 23.9 Å². The molecule has 4 heterocycles. The molecule has 0 amide bonds. The number of aliphatic carboxylic acids is 1. The van der Waals surface area contributed by atoms with Crippen LogP contribution >= 0.6 is 0 Å². The van der Waals surface area contributed by atoms with Crippen LogP contribution in [0.1, 0.15) is 73.3 Å². The molecule has 2 atom stereocenters. The third kappa shape index (κ3) is 7.64. The Bertz CT molecular complexity index is 1580. The normalized spacial score (nSPS) is 18.4. The van der Waals surface area contributed by atoms with Crippen LogP contribution in [0.3, 0.4) is 0 Å². The van der Waals surface area contributed by atoms with Crippen LogP contribution < -0.4 is 0 Å². The highest BCUT2D eigenvalue weighted by Crippen LogP contribution is 2.25. The van der Waals surface area contributed by atoms with Gasteiger partial charge in [-0.2, -0.15) is 0 Å². The SMILES string of the molecule is CC(OC1CCCCO1)c1nccn1Cc1cc(-c2ccc(C#Cc3ccc(CN4CCC(C(=O)O)CC4)cc3)cc2)on1. The second-order valence-corrected chi connectivity index (χ2v) is 11.6. The molecule has 2 aliphatic rings. The van der Waals surface area contributed by atoms with E-state index < -0.39 is 5.97 Å². The Morgan fingerprint density at radius 3 is 2.43 bits per heavy atom. The number of ether oxygens (including phenoxy) is 2. The molecule has 0 bridgehead atoms. The van der Waals surface area contributed by atoms with Gasteiger partial charge in [0.25, 0.3) is 0 Å². The van der Waals surface area contributed by atoms with E-state index in [1.165, 1.54) is 5.56 Å². The van der Waals surface area contributed by atoms with Crippen LogP contribution in [0.25, 0.3) is 11.3 Å². The number of carboxylic acid groups (broad SMARTS) is 1. The molecule has 6 rings (SSSR count). The molecular weight excluding hydrogens is 556 g/mol. The molecule has 0 spiro atoms. The number of piperidine rings is 1. The van der Waals surface area contributed by atoms with Crippen LogP contribution in [-0.4, -0.2) is 56.7 Å². The van der Waals surface area contributed by atoms with Gasteiger partial charge < -0.3 is 23.7 Å². The van der Waals surface area contributed by atoms with Crippen molar-refractivity contribution in [2.75, 3.05) is 19.7 Å². The van der Waals surface area contributed by atoms with Gasteiger partial charge in [0.15, 0.2) is 12.1 Å². The Balaban J connectivity index is 1.02. The molecule has 2 fully saturated rings. The van der Waals surface area contributed by atoms with Gasteiger partial charge in [0.05, 0.1) is 12.5 Å². The number of likely N-dealkylation sites (tertiary alicyclic amines) is 1. The molecule has 0 radical (unpaired) electrons. The Morgan fingerprint density at radius 1 is 1.02 bits per heavy atom. The third-order valence-corrected chi connectivity index (χ3v) is 8.31. The Kier molecular flexibility index (Phi) is 9.51. The minimum Gasteiger partial charge on any atom is -0.481 e. The zero-order valence-electron chi connectivity index (χ0n) is 25.0. The summed E-state index contributed by atoms with van der Waals surface area (Å²) in [7, 11) is 0. The first-order chi connectivity index (χ1) is 21.5. The number of carbonyl (C=O) groups is 1. The topological polar surface area (TPSA) is 103 Å². The van der Waals surface area contributed by atoms with Crippen molar-refractivity contribution >= 4 is 5.97 Å². The molecule has 0 saturated carbocycles. The molecular formula is C35H38N4O5. The van der Waals surface area contributed by atoms with Gasteiger partial charge in [0.1, 0.15) is 17.6 Å². The first kappa shape index (κ1) is 29.8. The largest absolute Gasteiger partial charge is 0.481 e. The maximum atomic E-state index is 11.2. The number of imidazole rings is 1. The van der Waals surface area contributed by atoms with Gasteiger partial charge in [0.2, 0.25) is 0 Å². The van der Waals surface area contributed by atoms with E-state index in [0.29, 0.717) is 25.1 Å². The van der Waals surface area contributed by atoms with E-state index >= 15 is 0 Å².